The van der Waals surface area contributed by atoms with Gasteiger partial charge in [-0.1, -0.05) is 5.16 Å². The number of pyridine rings is 1. The lowest BCUT2D eigenvalue weighted by atomic mass is 9.98. The first-order chi connectivity index (χ1) is 19.3. The fourth-order valence-electron chi connectivity index (χ4n) is 5.06. The second-order valence-corrected chi connectivity index (χ2v) is 11.1. The van der Waals surface area contributed by atoms with Gasteiger partial charge in [0.1, 0.15) is 11.4 Å². The maximum atomic E-state index is 12.7. The Morgan fingerprint density at radius 1 is 1.02 bits per heavy atom. The van der Waals surface area contributed by atoms with Crippen LogP contribution < -0.4 is 4.90 Å². The third kappa shape index (κ3) is 5.20. The fourth-order valence-corrected chi connectivity index (χ4v) is 5.06. The lowest BCUT2D eigenvalue weighted by Crippen LogP contribution is -2.42. The van der Waals surface area contributed by atoms with Crippen LogP contribution in [0.4, 0.5) is 10.6 Å². The van der Waals surface area contributed by atoms with Crippen LogP contribution in [-0.4, -0.2) is 90.6 Å². The van der Waals surface area contributed by atoms with E-state index in [0.29, 0.717) is 73.9 Å². The summed E-state index contributed by atoms with van der Waals surface area (Å²) in [6, 6.07) is 3.83. The minimum atomic E-state index is -0.557. The zero-order chi connectivity index (χ0) is 27.9. The molecule has 0 spiro atoms. The Morgan fingerprint density at radius 3 is 2.55 bits per heavy atom. The highest BCUT2D eigenvalue weighted by molar-refractivity contribution is 5.88. The number of aromatic nitrogens is 7. The molecule has 0 aliphatic carbocycles. The van der Waals surface area contributed by atoms with E-state index in [1.165, 1.54) is 0 Å². The molecule has 1 amide bonds. The summed E-state index contributed by atoms with van der Waals surface area (Å²) >= 11 is 0. The van der Waals surface area contributed by atoms with Gasteiger partial charge >= 0.3 is 6.09 Å². The van der Waals surface area contributed by atoms with Crippen LogP contribution in [0.15, 0.2) is 29.0 Å². The average molecular weight is 548 g/mol. The first kappa shape index (κ1) is 26.1. The largest absolute Gasteiger partial charge is 0.444 e. The predicted octanol–water partition coefficient (Wildman–Crippen LogP) is 3.43. The summed E-state index contributed by atoms with van der Waals surface area (Å²) in [7, 11) is 1.93. The summed E-state index contributed by atoms with van der Waals surface area (Å²) in [5.41, 5.74) is 1.74. The molecule has 40 heavy (non-hydrogen) atoms. The maximum Gasteiger partial charge on any atom is 0.410 e. The zero-order valence-corrected chi connectivity index (χ0v) is 23.2. The Morgan fingerprint density at radius 2 is 1.80 bits per heavy atom. The molecule has 6 heterocycles. The minimum Gasteiger partial charge on any atom is -0.444 e. The van der Waals surface area contributed by atoms with Gasteiger partial charge in [-0.2, -0.15) is 4.98 Å². The Kier molecular flexibility index (Phi) is 6.82. The van der Waals surface area contributed by atoms with E-state index in [0.717, 1.165) is 24.2 Å². The molecular formula is C27H33N9O4. The van der Waals surface area contributed by atoms with E-state index in [-0.39, 0.29) is 12.0 Å². The van der Waals surface area contributed by atoms with E-state index >= 15 is 0 Å². The van der Waals surface area contributed by atoms with E-state index in [1.54, 1.807) is 17.3 Å². The number of carbonyl (C=O) groups excluding carboxylic acids is 1. The number of amides is 1. The smallest absolute Gasteiger partial charge is 0.410 e. The Bertz CT molecular complexity index is 1510. The molecule has 1 atom stereocenters. The van der Waals surface area contributed by atoms with Crippen molar-refractivity contribution in [2.24, 2.45) is 7.05 Å². The lowest BCUT2D eigenvalue weighted by Gasteiger charge is -2.32. The monoisotopic (exact) mass is 547 g/mol. The van der Waals surface area contributed by atoms with Crippen LogP contribution in [0.5, 0.6) is 0 Å². The molecular weight excluding hydrogens is 514 g/mol. The average Bonchev–Trinajstić information content (AvgIpc) is 3.58. The summed E-state index contributed by atoms with van der Waals surface area (Å²) in [6.07, 6.45) is 4.80. The number of fused-ring (bicyclic) bond motifs is 1. The molecule has 13 nitrogen and oxygen atoms in total. The number of imidazole rings is 1. The molecule has 0 radical (unpaired) electrons. The molecule has 0 saturated carbocycles. The van der Waals surface area contributed by atoms with Gasteiger partial charge in [0.05, 0.1) is 19.1 Å². The summed E-state index contributed by atoms with van der Waals surface area (Å²) in [4.78, 5) is 40.0. The number of carbonyl (C=O) groups is 1. The van der Waals surface area contributed by atoms with Crippen LogP contribution in [0.3, 0.4) is 0 Å². The van der Waals surface area contributed by atoms with Crippen LogP contribution in [0.25, 0.3) is 34.2 Å². The van der Waals surface area contributed by atoms with Crippen LogP contribution in [0.2, 0.25) is 0 Å². The van der Waals surface area contributed by atoms with Gasteiger partial charge < -0.3 is 28.4 Å². The minimum absolute atomic E-state index is 0.0973. The van der Waals surface area contributed by atoms with Gasteiger partial charge in [0.15, 0.2) is 17.0 Å². The van der Waals surface area contributed by atoms with Gasteiger partial charge in [-0.3, -0.25) is 4.98 Å². The second-order valence-electron chi connectivity index (χ2n) is 11.1. The van der Waals surface area contributed by atoms with Crippen molar-refractivity contribution < 1.29 is 18.8 Å². The number of ether oxygens (including phenoxy) is 2. The quantitative estimate of drug-likeness (QED) is 0.371. The number of hydrogen-bond donors (Lipinski definition) is 0. The summed E-state index contributed by atoms with van der Waals surface area (Å²) in [5, 5.41) is 4.25. The SMILES string of the molecule is Cn1c(-c2ccncc2)nc2c(N3CCOCC3)nc(-c3noc(C4CCCN(C(=O)OC(C)(C)C)C4)n3)nc21. The van der Waals surface area contributed by atoms with Crippen molar-refractivity contribution >= 4 is 23.1 Å². The Balaban J connectivity index is 1.34. The van der Waals surface area contributed by atoms with E-state index in [9.17, 15) is 4.79 Å². The second kappa shape index (κ2) is 10.5. The van der Waals surface area contributed by atoms with E-state index in [2.05, 4.69) is 15.0 Å². The van der Waals surface area contributed by atoms with Gasteiger partial charge in [0.25, 0.3) is 0 Å². The molecule has 1 unspecified atom stereocenters. The van der Waals surface area contributed by atoms with Crippen LogP contribution in [0.1, 0.15) is 45.4 Å². The highest BCUT2D eigenvalue weighted by atomic mass is 16.6. The van der Waals surface area contributed by atoms with Gasteiger partial charge in [0, 0.05) is 51.2 Å². The molecule has 13 heteroatoms. The van der Waals surface area contributed by atoms with Gasteiger partial charge in [-0.15, -0.1) is 0 Å². The number of rotatable bonds is 4. The summed E-state index contributed by atoms with van der Waals surface area (Å²) < 4.78 is 18.8. The van der Waals surface area contributed by atoms with Crippen molar-refractivity contribution in [1.82, 2.24) is 39.5 Å². The molecule has 210 valence electrons. The van der Waals surface area contributed by atoms with E-state index in [4.69, 9.17) is 33.9 Å². The number of morpholine rings is 1. The molecule has 0 N–H and O–H groups in total. The van der Waals surface area contributed by atoms with Gasteiger partial charge in [-0.25, -0.2) is 19.7 Å². The topological polar surface area (TPSA) is 137 Å². The fraction of sp³-hybridized carbons (Fsp3) is 0.519. The molecule has 2 saturated heterocycles. The van der Waals surface area contributed by atoms with Crippen LogP contribution >= 0.6 is 0 Å². The highest BCUT2D eigenvalue weighted by Crippen LogP contribution is 2.32. The zero-order valence-electron chi connectivity index (χ0n) is 23.2. The Hall–Kier alpha value is -4.13. The third-order valence-corrected chi connectivity index (χ3v) is 7.01. The maximum absolute atomic E-state index is 12.7. The first-order valence-electron chi connectivity index (χ1n) is 13.6. The number of aryl methyl sites for hydroxylation is 1. The Labute approximate surface area is 231 Å². The van der Waals surface area contributed by atoms with Crippen LogP contribution in [0, 0.1) is 0 Å². The van der Waals surface area contributed by atoms with Crippen molar-refractivity contribution in [3.63, 3.8) is 0 Å². The number of nitrogens with zero attached hydrogens (tertiary/aromatic N) is 9. The normalized spacial score (nSPS) is 18.4. The number of piperidine rings is 1. The van der Waals surface area contributed by atoms with E-state index in [1.807, 2.05) is 44.5 Å². The number of anilines is 1. The molecule has 4 aromatic heterocycles. The van der Waals surface area contributed by atoms with Crippen molar-refractivity contribution in [2.45, 2.75) is 45.1 Å². The molecule has 2 fully saturated rings. The number of hydrogen-bond acceptors (Lipinski definition) is 11. The van der Waals surface area contributed by atoms with Crippen molar-refractivity contribution in [3.8, 4) is 23.0 Å². The summed E-state index contributed by atoms with van der Waals surface area (Å²) in [5.74, 6) is 2.48. The molecule has 6 rings (SSSR count). The highest BCUT2D eigenvalue weighted by Gasteiger charge is 2.32. The van der Waals surface area contributed by atoms with Crippen molar-refractivity contribution in [3.05, 3.63) is 30.4 Å². The number of likely N-dealkylation sites (tertiary alicyclic amines) is 1. The van der Waals surface area contributed by atoms with E-state index < -0.39 is 5.60 Å². The molecule has 0 bridgehead atoms. The van der Waals surface area contributed by atoms with Crippen molar-refractivity contribution in [2.75, 3.05) is 44.3 Å². The first-order valence-corrected chi connectivity index (χ1v) is 13.6. The molecule has 2 aliphatic rings. The summed E-state index contributed by atoms with van der Waals surface area (Å²) in [6.45, 7) is 9.25. The van der Waals surface area contributed by atoms with Gasteiger partial charge in [0.2, 0.25) is 17.5 Å². The molecule has 2 aliphatic heterocycles. The molecule has 0 aromatic carbocycles. The standard InChI is InChI=1S/C27H33N9O4/c1-27(2,3)39-26(37)36-11-5-6-18(16-36)25-32-21(33-40-25)20-30-23-19(24(31-20)35-12-14-38-15-13-35)29-22(34(23)4)17-7-9-28-10-8-17/h7-10,18H,5-6,11-16H2,1-4H3. The van der Waals surface area contributed by atoms with Crippen LogP contribution in [-0.2, 0) is 16.5 Å². The third-order valence-electron chi connectivity index (χ3n) is 7.01. The predicted molar refractivity (Wildman–Crippen MR) is 146 cm³/mol. The van der Waals surface area contributed by atoms with Gasteiger partial charge in [-0.05, 0) is 45.7 Å². The van der Waals surface area contributed by atoms with Crippen molar-refractivity contribution in [1.29, 1.82) is 0 Å². The molecule has 4 aromatic rings. The lowest BCUT2D eigenvalue weighted by molar-refractivity contribution is 0.0189.